The summed E-state index contributed by atoms with van der Waals surface area (Å²) in [6, 6.07) is 16.4. The molecule has 0 aliphatic heterocycles. The molecule has 3 aromatic rings. The Morgan fingerprint density at radius 2 is 1.83 bits per heavy atom. The summed E-state index contributed by atoms with van der Waals surface area (Å²) in [5, 5.41) is 6.57. The number of pyridine rings is 2. The minimum Gasteiger partial charge on any atom is -0.353 e. The van der Waals surface area contributed by atoms with Crippen molar-refractivity contribution < 1.29 is 4.79 Å². The van der Waals surface area contributed by atoms with Crippen LogP contribution >= 0.6 is 11.6 Å². The van der Waals surface area contributed by atoms with E-state index in [2.05, 4.69) is 20.6 Å². The van der Waals surface area contributed by atoms with Crippen molar-refractivity contribution in [1.29, 1.82) is 0 Å². The maximum absolute atomic E-state index is 12.1. The van der Waals surface area contributed by atoms with Crippen LogP contribution in [0.5, 0.6) is 0 Å². The molecule has 0 bridgehead atoms. The van der Waals surface area contributed by atoms with Crippen molar-refractivity contribution in [2.75, 3.05) is 5.32 Å². The van der Waals surface area contributed by atoms with Gasteiger partial charge >= 0.3 is 0 Å². The van der Waals surface area contributed by atoms with E-state index in [0.29, 0.717) is 17.3 Å². The molecule has 5 nitrogen and oxygen atoms in total. The topological polar surface area (TPSA) is 66.9 Å². The van der Waals surface area contributed by atoms with E-state index in [9.17, 15) is 4.79 Å². The van der Waals surface area contributed by atoms with Gasteiger partial charge in [0.25, 0.3) is 5.91 Å². The molecule has 6 heteroatoms. The summed E-state index contributed by atoms with van der Waals surface area (Å²) in [6.07, 6.45) is 3.29. The fourth-order valence-electron chi connectivity index (χ4n) is 2.08. The van der Waals surface area contributed by atoms with Gasteiger partial charge in [0.15, 0.2) is 0 Å². The van der Waals surface area contributed by atoms with Crippen LogP contribution < -0.4 is 10.6 Å². The van der Waals surface area contributed by atoms with Crippen LogP contribution in [0, 0.1) is 0 Å². The molecular formula is C18H15ClN4O. The fourth-order valence-corrected chi connectivity index (χ4v) is 2.27. The minimum absolute atomic E-state index is 0.245. The van der Waals surface area contributed by atoms with Gasteiger partial charge in [0.05, 0.1) is 34.8 Å². The van der Waals surface area contributed by atoms with Gasteiger partial charge in [0.1, 0.15) is 5.69 Å². The Kier molecular flexibility index (Phi) is 5.03. The minimum atomic E-state index is -0.245. The van der Waals surface area contributed by atoms with E-state index >= 15 is 0 Å². The number of benzene rings is 1. The molecule has 0 fully saturated rings. The number of halogens is 1. The van der Waals surface area contributed by atoms with Crippen molar-refractivity contribution in [2.24, 2.45) is 0 Å². The third-order valence-corrected chi connectivity index (χ3v) is 3.63. The maximum Gasteiger partial charge on any atom is 0.270 e. The molecule has 3 rings (SSSR count). The summed E-state index contributed by atoms with van der Waals surface area (Å²) in [7, 11) is 0. The summed E-state index contributed by atoms with van der Waals surface area (Å²) in [5.74, 6) is -0.245. The number of carbonyl (C=O) groups excluding carboxylic acids is 1. The molecule has 0 radical (unpaired) electrons. The van der Waals surface area contributed by atoms with Crippen LogP contribution in [-0.2, 0) is 6.54 Å². The first kappa shape index (κ1) is 16.0. The molecule has 0 aliphatic carbocycles. The van der Waals surface area contributed by atoms with Crippen LogP contribution in [-0.4, -0.2) is 15.9 Å². The third-order valence-electron chi connectivity index (χ3n) is 3.31. The molecule has 0 saturated carbocycles. The molecule has 0 unspecified atom stereocenters. The molecule has 0 atom stereocenters. The van der Waals surface area contributed by atoms with Gasteiger partial charge in [-0.25, -0.2) is 4.98 Å². The maximum atomic E-state index is 12.1. The van der Waals surface area contributed by atoms with Crippen LogP contribution in [0.4, 0.5) is 11.4 Å². The first-order valence-electron chi connectivity index (χ1n) is 7.38. The van der Waals surface area contributed by atoms with E-state index in [-0.39, 0.29) is 5.91 Å². The highest BCUT2D eigenvalue weighted by atomic mass is 35.5. The molecule has 0 saturated heterocycles. The van der Waals surface area contributed by atoms with Gasteiger partial charge in [-0.15, -0.1) is 0 Å². The van der Waals surface area contributed by atoms with Crippen molar-refractivity contribution in [2.45, 2.75) is 6.54 Å². The lowest BCUT2D eigenvalue weighted by molar-refractivity contribution is 0.0945. The van der Waals surface area contributed by atoms with Crippen LogP contribution in [0.25, 0.3) is 0 Å². The van der Waals surface area contributed by atoms with E-state index in [1.807, 2.05) is 36.4 Å². The van der Waals surface area contributed by atoms with E-state index in [1.165, 1.54) is 0 Å². The van der Waals surface area contributed by atoms with Gasteiger partial charge < -0.3 is 10.6 Å². The highest BCUT2D eigenvalue weighted by molar-refractivity contribution is 6.33. The van der Waals surface area contributed by atoms with Gasteiger partial charge in [-0.1, -0.05) is 29.8 Å². The molecule has 2 N–H and O–H groups in total. The summed E-state index contributed by atoms with van der Waals surface area (Å²) in [4.78, 5) is 20.4. The van der Waals surface area contributed by atoms with Crippen LogP contribution in [0.15, 0.2) is 67.0 Å². The highest BCUT2D eigenvalue weighted by Crippen LogP contribution is 2.24. The number of para-hydroxylation sites is 1. The zero-order valence-electron chi connectivity index (χ0n) is 12.7. The zero-order chi connectivity index (χ0) is 16.8. The Balaban J connectivity index is 1.61. The first-order valence-corrected chi connectivity index (χ1v) is 7.76. The SMILES string of the molecule is O=C(NCc1ccccn1)c1ccc(Nc2ccccc2Cl)cn1. The van der Waals surface area contributed by atoms with Crippen molar-refractivity contribution in [3.05, 3.63) is 83.4 Å². The van der Waals surface area contributed by atoms with Crippen LogP contribution in [0.2, 0.25) is 5.02 Å². The number of hydrogen-bond donors (Lipinski definition) is 2. The molecule has 1 aromatic carbocycles. The standard InChI is InChI=1S/C18H15ClN4O/c19-15-6-1-2-7-16(15)23-14-8-9-17(21-12-14)18(24)22-11-13-5-3-4-10-20-13/h1-10,12,23H,11H2,(H,22,24). The number of nitrogens with one attached hydrogen (secondary N) is 2. The normalized spacial score (nSPS) is 10.2. The molecule has 2 heterocycles. The fraction of sp³-hybridized carbons (Fsp3) is 0.0556. The lowest BCUT2D eigenvalue weighted by Gasteiger charge is -2.08. The predicted octanol–water partition coefficient (Wildman–Crippen LogP) is 3.80. The number of amides is 1. The van der Waals surface area contributed by atoms with E-state index < -0.39 is 0 Å². The van der Waals surface area contributed by atoms with Crippen LogP contribution in [0.3, 0.4) is 0 Å². The van der Waals surface area contributed by atoms with Gasteiger partial charge in [-0.2, -0.15) is 0 Å². The van der Waals surface area contributed by atoms with E-state index in [0.717, 1.165) is 17.1 Å². The second-order valence-electron chi connectivity index (χ2n) is 5.04. The third kappa shape index (κ3) is 4.08. The predicted molar refractivity (Wildman–Crippen MR) is 94.4 cm³/mol. The quantitative estimate of drug-likeness (QED) is 0.742. The lowest BCUT2D eigenvalue weighted by Crippen LogP contribution is -2.24. The Bertz CT molecular complexity index is 822. The first-order chi connectivity index (χ1) is 11.7. The average Bonchev–Trinajstić information content (AvgIpc) is 2.63. The molecule has 24 heavy (non-hydrogen) atoms. The van der Waals surface area contributed by atoms with Crippen molar-refractivity contribution in [3.63, 3.8) is 0 Å². The second-order valence-corrected chi connectivity index (χ2v) is 5.45. The largest absolute Gasteiger partial charge is 0.353 e. The number of aromatic nitrogens is 2. The Morgan fingerprint density at radius 1 is 1.00 bits per heavy atom. The summed E-state index contributed by atoms with van der Waals surface area (Å²) in [5.41, 5.74) is 2.68. The van der Waals surface area contributed by atoms with Crippen LogP contribution in [0.1, 0.15) is 16.2 Å². The number of rotatable bonds is 5. The van der Waals surface area contributed by atoms with Crippen molar-refractivity contribution >= 4 is 28.9 Å². The Labute approximate surface area is 144 Å². The zero-order valence-corrected chi connectivity index (χ0v) is 13.5. The van der Waals surface area contributed by atoms with Gasteiger partial charge in [0, 0.05) is 6.20 Å². The van der Waals surface area contributed by atoms with E-state index in [1.54, 1.807) is 30.6 Å². The van der Waals surface area contributed by atoms with Gasteiger partial charge in [-0.05, 0) is 36.4 Å². The summed E-state index contributed by atoms with van der Waals surface area (Å²) in [6.45, 7) is 0.362. The number of carbonyl (C=O) groups is 1. The summed E-state index contributed by atoms with van der Waals surface area (Å²) >= 11 is 6.10. The number of hydrogen-bond acceptors (Lipinski definition) is 4. The van der Waals surface area contributed by atoms with Gasteiger partial charge in [0.2, 0.25) is 0 Å². The Hall–Kier alpha value is -2.92. The van der Waals surface area contributed by atoms with Gasteiger partial charge in [-0.3, -0.25) is 9.78 Å². The molecule has 2 aromatic heterocycles. The lowest BCUT2D eigenvalue weighted by atomic mass is 10.2. The molecular weight excluding hydrogens is 324 g/mol. The van der Waals surface area contributed by atoms with Crippen molar-refractivity contribution in [3.8, 4) is 0 Å². The smallest absolute Gasteiger partial charge is 0.270 e. The number of nitrogens with zero attached hydrogens (tertiary/aromatic N) is 2. The Morgan fingerprint density at radius 3 is 2.54 bits per heavy atom. The second kappa shape index (κ2) is 7.57. The molecule has 120 valence electrons. The van der Waals surface area contributed by atoms with E-state index in [4.69, 9.17) is 11.6 Å². The molecule has 1 amide bonds. The van der Waals surface area contributed by atoms with Crippen molar-refractivity contribution in [1.82, 2.24) is 15.3 Å². The molecule has 0 aliphatic rings. The monoisotopic (exact) mass is 338 g/mol. The molecule has 0 spiro atoms. The summed E-state index contributed by atoms with van der Waals surface area (Å²) < 4.78 is 0. The number of anilines is 2. The highest BCUT2D eigenvalue weighted by Gasteiger charge is 2.07. The average molecular weight is 339 g/mol.